The fourth-order valence-corrected chi connectivity index (χ4v) is 5.99. The van der Waals surface area contributed by atoms with Crippen molar-refractivity contribution in [3.63, 3.8) is 0 Å². The molecule has 0 radical (unpaired) electrons. The van der Waals surface area contributed by atoms with Crippen LogP contribution in [0.25, 0.3) is 0 Å². The molecule has 158 valence electrons. The number of ether oxygens (including phenoxy) is 1. The quantitative estimate of drug-likeness (QED) is 0.272. The molecule has 0 bridgehead atoms. The summed E-state index contributed by atoms with van der Waals surface area (Å²) >= 11 is 1.49. The van der Waals surface area contributed by atoms with Crippen molar-refractivity contribution >= 4 is 24.6 Å². The third kappa shape index (κ3) is 5.29. The van der Waals surface area contributed by atoms with E-state index in [1.807, 2.05) is 78.2 Å². The van der Waals surface area contributed by atoms with Gasteiger partial charge in [-0.05, 0) is 60.0 Å². The molecule has 0 aliphatic rings. The number of benzene rings is 3. The number of nitrogens with one attached hydrogen (secondary N) is 1. The van der Waals surface area contributed by atoms with Crippen LogP contribution in [0.5, 0.6) is 17.2 Å². The largest absolute Gasteiger partial charge is 0.497 e. The molecule has 0 saturated heterocycles. The highest BCUT2D eigenvalue weighted by Gasteiger charge is 2.41. The van der Waals surface area contributed by atoms with Crippen LogP contribution in [0.2, 0.25) is 0 Å². The second kappa shape index (κ2) is 9.73. The van der Waals surface area contributed by atoms with E-state index in [4.69, 9.17) is 13.8 Å². The summed E-state index contributed by atoms with van der Waals surface area (Å²) in [5, 5.41) is 5.29. The first-order valence-corrected chi connectivity index (χ1v) is 12.2. The maximum Gasteiger partial charge on any atom is 0.458 e. The van der Waals surface area contributed by atoms with E-state index in [-0.39, 0.29) is 0 Å². The van der Waals surface area contributed by atoms with Gasteiger partial charge in [0, 0.05) is 10.6 Å². The van der Waals surface area contributed by atoms with Gasteiger partial charge in [-0.2, -0.15) is 0 Å². The molecular formula is C24H22NO4PS. The topological polar surface area (TPSA) is 56.8 Å². The lowest BCUT2D eigenvalue weighted by Crippen LogP contribution is -2.17. The van der Waals surface area contributed by atoms with Crippen molar-refractivity contribution < 1.29 is 18.3 Å². The fraction of sp³-hybridized carbons (Fsp3) is 0.0833. The van der Waals surface area contributed by atoms with E-state index in [1.54, 1.807) is 31.4 Å². The van der Waals surface area contributed by atoms with Crippen LogP contribution < -0.4 is 19.1 Å². The minimum atomic E-state index is -3.78. The van der Waals surface area contributed by atoms with Crippen LogP contribution in [0.4, 0.5) is 5.69 Å². The molecule has 1 aromatic heterocycles. The molecule has 4 aromatic rings. The Morgan fingerprint density at radius 1 is 0.742 bits per heavy atom. The molecule has 1 N–H and O–H groups in total. The molecule has 1 heterocycles. The van der Waals surface area contributed by atoms with Crippen molar-refractivity contribution in [3.8, 4) is 17.2 Å². The average molecular weight is 451 g/mol. The van der Waals surface area contributed by atoms with Crippen LogP contribution >= 0.6 is 18.9 Å². The first-order valence-electron chi connectivity index (χ1n) is 9.69. The van der Waals surface area contributed by atoms with E-state index in [0.717, 1.165) is 16.3 Å². The smallest absolute Gasteiger partial charge is 0.458 e. The Bertz CT molecular complexity index is 1070. The van der Waals surface area contributed by atoms with Gasteiger partial charge in [-0.15, -0.1) is 11.3 Å². The molecule has 1 atom stereocenters. The van der Waals surface area contributed by atoms with Gasteiger partial charge in [-0.1, -0.05) is 42.5 Å². The van der Waals surface area contributed by atoms with Gasteiger partial charge >= 0.3 is 7.60 Å². The predicted molar refractivity (Wildman–Crippen MR) is 125 cm³/mol. The average Bonchev–Trinajstić information content (AvgIpc) is 3.33. The van der Waals surface area contributed by atoms with Crippen molar-refractivity contribution in [1.82, 2.24) is 0 Å². The summed E-state index contributed by atoms with van der Waals surface area (Å²) < 4.78 is 31.7. The number of thiophene rings is 1. The number of rotatable bonds is 9. The minimum absolute atomic E-state index is 0.472. The number of hydrogen-bond acceptors (Lipinski definition) is 6. The van der Waals surface area contributed by atoms with Crippen LogP contribution in [0.3, 0.4) is 0 Å². The Kier molecular flexibility index (Phi) is 6.60. The molecule has 31 heavy (non-hydrogen) atoms. The zero-order valence-corrected chi connectivity index (χ0v) is 18.6. The lowest BCUT2D eigenvalue weighted by atomic mass is 10.3. The zero-order chi connectivity index (χ0) is 21.5. The van der Waals surface area contributed by atoms with E-state index in [1.165, 1.54) is 11.3 Å². The van der Waals surface area contributed by atoms with Gasteiger partial charge in [-0.3, -0.25) is 0 Å². The Morgan fingerprint density at radius 3 is 1.81 bits per heavy atom. The van der Waals surface area contributed by atoms with Crippen LogP contribution in [-0.2, 0) is 4.57 Å². The van der Waals surface area contributed by atoms with Crippen LogP contribution in [0, 0.1) is 0 Å². The number of hydrogen-bond donors (Lipinski definition) is 1. The van der Waals surface area contributed by atoms with Gasteiger partial charge in [-0.25, -0.2) is 4.57 Å². The van der Waals surface area contributed by atoms with Crippen LogP contribution in [-0.4, -0.2) is 7.11 Å². The summed E-state index contributed by atoms with van der Waals surface area (Å²) in [6, 6.07) is 29.4. The second-order valence-corrected chi connectivity index (χ2v) is 9.58. The monoisotopic (exact) mass is 451 g/mol. The second-order valence-electron chi connectivity index (χ2n) is 6.64. The van der Waals surface area contributed by atoms with Crippen molar-refractivity contribution in [1.29, 1.82) is 0 Å². The molecule has 0 saturated carbocycles. The van der Waals surface area contributed by atoms with E-state index in [9.17, 15) is 4.57 Å². The summed E-state index contributed by atoms with van der Waals surface area (Å²) in [5.41, 5.74) is 0.771. The highest BCUT2D eigenvalue weighted by molar-refractivity contribution is 7.55. The van der Waals surface area contributed by atoms with Gasteiger partial charge in [0.25, 0.3) is 0 Å². The molecule has 0 spiro atoms. The van der Waals surface area contributed by atoms with E-state index in [0.29, 0.717) is 11.5 Å². The van der Waals surface area contributed by atoms with Crippen molar-refractivity contribution in [2.45, 2.75) is 5.78 Å². The summed E-state index contributed by atoms with van der Waals surface area (Å²) in [5.74, 6) is 0.962. The van der Waals surface area contributed by atoms with E-state index in [2.05, 4.69) is 5.32 Å². The number of para-hydroxylation sites is 2. The third-order valence-electron chi connectivity index (χ3n) is 4.47. The molecule has 4 rings (SSSR count). The highest BCUT2D eigenvalue weighted by Crippen LogP contribution is 2.60. The Morgan fingerprint density at radius 2 is 1.32 bits per heavy atom. The van der Waals surface area contributed by atoms with Gasteiger partial charge in [0.2, 0.25) is 0 Å². The third-order valence-corrected chi connectivity index (χ3v) is 7.56. The molecule has 0 fully saturated rings. The number of anilines is 1. The highest BCUT2D eigenvalue weighted by atomic mass is 32.1. The zero-order valence-electron chi connectivity index (χ0n) is 16.9. The summed E-state index contributed by atoms with van der Waals surface area (Å²) in [6.45, 7) is 0. The fourth-order valence-electron chi connectivity index (χ4n) is 2.98. The van der Waals surface area contributed by atoms with Crippen LogP contribution in [0.15, 0.2) is 102 Å². The van der Waals surface area contributed by atoms with Gasteiger partial charge < -0.3 is 19.1 Å². The molecule has 7 heteroatoms. The Labute approximate surface area is 185 Å². The maximum atomic E-state index is 14.4. The van der Waals surface area contributed by atoms with Crippen molar-refractivity contribution in [2.75, 3.05) is 12.4 Å². The molecule has 0 aliphatic carbocycles. The maximum absolute atomic E-state index is 14.4. The van der Waals surface area contributed by atoms with Gasteiger partial charge in [0.15, 0.2) is 5.78 Å². The lowest BCUT2D eigenvalue weighted by molar-refractivity contribution is 0.377. The van der Waals surface area contributed by atoms with E-state index >= 15 is 0 Å². The molecular weight excluding hydrogens is 429 g/mol. The molecule has 0 aliphatic heterocycles. The first-order chi connectivity index (χ1) is 15.2. The van der Waals surface area contributed by atoms with Crippen LogP contribution in [0.1, 0.15) is 10.7 Å². The summed E-state index contributed by atoms with van der Waals surface area (Å²) in [4.78, 5) is 0.839. The van der Waals surface area contributed by atoms with Crippen molar-refractivity contribution in [2.24, 2.45) is 0 Å². The molecule has 5 nitrogen and oxygen atoms in total. The normalized spacial score (nSPS) is 12.0. The van der Waals surface area contributed by atoms with Gasteiger partial charge in [0.05, 0.1) is 7.11 Å². The number of methoxy groups -OCH3 is 1. The predicted octanol–water partition coefficient (Wildman–Crippen LogP) is 7.22. The first kappa shape index (κ1) is 21.0. The van der Waals surface area contributed by atoms with E-state index < -0.39 is 13.4 Å². The molecule has 1 unspecified atom stereocenters. The summed E-state index contributed by atoms with van der Waals surface area (Å²) in [6.07, 6.45) is 0. The molecule has 3 aromatic carbocycles. The Hall–Kier alpha value is -3.21. The van der Waals surface area contributed by atoms with Crippen molar-refractivity contribution in [3.05, 3.63) is 107 Å². The Balaban J connectivity index is 1.74. The summed E-state index contributed by atoms with van der Waals surface area (Å²) in [7, 11) is -2.16. The lowest BCUT2D eigenvalue weighted by Gasteiger charge is -2.28. The SMILES string of the molecule is COc1ccc(NC(c2cccs2)P(=O)(Oc2ccccc2)Oc2ccccc2)cc1. The molecule has 0 amide bonds. The van der Waals surface area contributed by atoms with Gasteiger partial charge in [0.1, 0.15) is 17.2 Å². The minimum Gasteiger partial charge on any atom is -0.497 e. The standard InChI is InChI=1S/C24H22NO4PS/c1-27-20-16-14-19(15-17-20)25-24(23-13-8-18-31-23)30(26,28-21-9-4-2-5-10-21)29-22-11-6-3-7-12-22/h2-18,24-25H,1H3.